The van der Waals surface area contributed by atoms with Gasteiger partial charge in [0.1, 0.15) is 6.10 Å². The number of piperidine rings is 1. The maximum atomic E-state index is 12.5. The van der Waals surface area contributed by atoms with Crippen molar-refractivity contribution in [1.29, 1.82) is 0 Å². The zero-order valence-electron chi connectivity index (χ0n) is 12.3. The Morgan fingerprint density at radius 1 is 1.50 bits per heavy atom. The van der Waals surface area contributed by atoms with E-state index in [2.05, 4.69) is 10.1 Å². The number of carbonyl (C=O) groups excluding carboxylic acids is 1. The van der Waals surface area contributed by atoms with Crippen molar-refractivity contribution in [3.8, 4) is 0 Å². The second-order valence-electron chi connectivity index (χ2n) is 5.89. The van der Waals surface area contributed by atoms with Crippen LogP contribution in [0, 0.1) is 12.8 Å². The summed E-state index contributed by atoms with van der Waals surface area (Å²) < 4.78 is 11.3. The predicted octanol–water partition coefficient (Wildman–Crippen LogP) is 2.43. The molecule has 22 heavy (non-hydrogen) atoms. The fraction of sp³-hybridized carbons (Fsp3) is 0.533. The monoisotopic (exact) mass is 319 g/mol. The molecule has 7 heteroatoms. The Labute approximate surface area is 132 Å². The van der Waals surface area contributed by atoms with E-state index in [1.807, 2.05) is 21.7 Å². The Bertz CT molecular complexity index is 669. The van der Waals surface area contributed by atoms with Crippen molar-refractivity contribution in [1.82, 2.24) is 15.0 Å². The SMILES string of the molecule is Cc1noc([C@@H]2C[C@@H]3CN(C(=O)c4ccsc4)CC[C@H]3O2)n1. The van der Waals surface area contributed by atoms with E-state index < -0.39 is 0 Å². The lowest BCUT2D eigenvalue weighted by atomic mass is 9.92. The number of aryl methyl sites for hydroxylation is 1. The van der Waals surface area contributed by atoms with Gasteiger partial charge in [-0.15, -0.1) is 0 Å². The lowest BCUT2D eigenvalue weighted by Crippen LogP contribution is -2.44. The van der Waals surface area contributed by atoms with Crippen molar-refractivity contribution in [2.75, 3.05) is 13.1 Å². The molecule has 0 saturated carbocycles. The predicted molar refractivity (Wildman–Crippen MR) is 79.6 cm³/mol. The van der Waals surface area contributed by atoms with Gasteiger partial charge in [-0.2, -0.15) is 16.3 Å². The van der Waals surface area contributed by atoms with Gasteiger partial charge in [0.2, 0.25) is 0 Å². The molecule has 3 atom stereocenters. The lowest BCUT2D eigenvalue weighted by Gasteiger charge is -2.33. The minimum absolute atomic E-state index is 0.122. The van der Waals surface area contributed by atoms with E-state index in [1.165, 1.54) is 0 Å². The van der Waals surface area contributed by atoms with Crippen LogP contribution in [0.15, 0.2) is 21.3 Å². The molecule has 0 aliphatic carbocycles. The zero-order chi connectivity index (χ0) is 15.1. The van der Waals surface area contributed by atoms with Gasteiger partial charge >= 0.3 is 0 Å². The van der Waals surface area contributed by atoms with Crippen LogP contribution in [-0.2, 0) is 4.74 Å². The van der Waals surface area contributed by atoms with E-state index in [9.17, 15) is 4.79 Å². The third-order valence-corrected chi connectivity index (χ3v) is 5.08. The van der Waals surface area contributed by atoms with Crippen LogP contribution in [0.2, 0.25) is 0 Å². The molecule has 6 nitrogen and oxygen atoms in total. The number of aromatic nitrogens is 2. The van der Waals surface area contributed by atoms with E-state index in [1.54, 1.807) is 18.3 Å². The molecule has 0 spiro atoms. The Balaban J connectivity index is 1.44. The smallest absolute Gasteiger partial charge is 0.255 e. The molecule has 2 aliphatic rings. The molecule has 1 amide bonds. The van der Waals surface area contributed by atoms with Crippen molar-refractivity contribution < 1.29 is 14.1 Å². The first kappa shape index (κ1) is 13.9. The van der Waals surface area contributed by atoms with Crippen molar-refractivity contribution in [3.05, 3.63) is 34.1 Å². The van der Waals surface area contributed by atoms with Gasteiger partial charge in [-0.3, -0.25) is 4.79 Å². The zero-order valence-corrected chi connectivity index (χ0v) is 13.1. The molecule has 4 rings (SSSR count). The Morgan fingerprint density at radius 3 is 3.14 bits per heavy atom. The molecule has 0 radical (unpaired) electrons. The van der Waals surface area contributed by atoms with Crippen LogP contribution in [-0.4, -0.2) is 40.1 Å². The molecule has 0 bridgehead atoms. The number of fused-ring (bicyclic) bond motifs is 1. The highest BCUT2D eigenvalue weighted by atomic mass is 32.1. The summed E-state index contributed by atoms with van der Waals surface area (Å²) in [5.41, 5.74) is 0.784. The molecule has 0 aromatic carbocycles. The van der Waals surface area contributed by atoms with Crippen LogP contribution >= 0.6 is 11.3 Å². The number of ether oxygens (including phenoxy) is 1. The van der Waals surface area contributed by atoms with Gasteiger partial charge in [0, 0.05) is 24.4 Å². The van der Waals surface area contributed by atoms with Crippen LogP contribution in [0.4, 0.5) is 0 Å². The van der Waals surface area contributed by atoms with Crippen LogP contribution in [0.5, 0.6) is 0 Å². The van der Waals surface area contributed by atoms with Gasteiger partial charge in [-0.1, -0.05) is 5.16 Å². The van der Waals surface area contributed by atoms with Gasteiger partial charge in [0.25, 0.3) is 11.8 Å². The highest BCUT2D eigenvalue weighted by Gasteiger charge is 2.42. The first-order valence-electron chi connectivity index (χ1n) is 7.48. The lowest BCUT2D eigenvalue weighted by molar-refractivity contribution is -0.00776. The Morgan fingerprint density at radius 2 is 2.41 bits per heavy atom. The molecule has 2 saturated heterocycles. The van der Waals surface area contributed by atoms with Gasteiger partial charge in [-0.25, -0.2) is 0 Å². The first-order chi connectivity index (χ1) is 10.7. The molecule has 0 unspecified atom stereocenters. The molecule has 2 aromatic rings. The summed E-state index contributed by atoms with van der Waals surface area (Å²) in [6, 6.07) is 1.88. The number of amides is 1. The largest absolute Gasteiger partial charge is 0.365 e. The fourth-order valence-corrected chi connectivity index (χ4v) is 3.94. The van der Waals surface area contributed by atoms with E-state index >= 15 is 0 Å². The number of hydrogen-bond acceptors (Lipinski definition) is 6. The summed E-state index contributed by atoms with van der Waals surface area (Å²) in [4.78, 5) is 18.7. The van der Waals surface area contributed by atoms with E-state index in [0.717, 1.165) is 31.5 Å². The van der Waals surface area contributed by atoms with Crippen LogP contribution in [0.3, 0.4) is 0 Å². The summed E-state index contributed by atoms with van der Waals surface area (Å²) in [5, 5.41) is 7.67. The summed E-state index contributed by atoms with van der Waals surface area (Å²) >= 11 is 1.55. The van der Waals surface area contributed by atoms with Crippen LogP contribution in [0.25, 0.3) is 0 Å². The minimum Gasteiger partial charge on any atom is -0.365 e. The average molecular weight is 319 g/mol. The maximum absolute atomic E-state index is 12.5. The average Bonchev–Trinajstić information content (AvgIpc) is 3.25. The topological polar surface area (TPSA) is 68.5 Å². The van der Waals surface area contributed by atoms with E-state index in [-0.39, 0.29) is 18.1 Å². The van der Waals surface area contributed by atoms with Crippen LogP contribution in [0.1, 0.15) is 41.0 Å². The number of thiophene rings is 1. The standard InChI is InChI=1S/C15H17N3O3S/c1-9-16-14(21-17-9)13-6-11-7-18(4-2-12(11)20-13)15(19)10-3-5-22-8-10/h3,5,8,11-13H,2,4,6-7H2,1H3/t11-,12-,13+/m1/s1. The third kappa shape index (κ3) is 2.44. The van der Waals surface area contributed by atoms with Crippen molar-refractivity contribution >= 4 is 17.2 Å². The second-order valence-corrected chi connectivity index (χ2v) is 6.67. The molecular formula is C15H17N3O3S. The third-order valence-electron chi connectivity index (χ3n) is 4.39. The van der Waals surface area contributed by atoms with E-state index in [0.29, 0.717) is 17.6 Å². The van der Waals surface area contributed by atoms with Gasteiger partial charge < -0.3 is 14.2 Å². The normalized spacial score (nSPS) is 27.9. The van der Waals surface area contributed by atoms with Crippen molar-refractivity contribution in [3.63, 3.8) is 0 Å². The Hall–Kier alpha value is -1.73. The van der Waals surface area contributed by atoms with Crippen molar-refractivity contribution in [2.45, 2.75) is 32.0 Å². The van der Waals surface area contributed by atoms with Crippen molar-refractivity contribution in [2.24, 2.45) is 5.92 Å². The minimum atomic E-state index is -0.132. The van der Waals surface area contributed by atoms with Gasteiger partial charge in [0.15, 0.2) is 5.82 Å². The highest BCUT2D eigenvalue weighted by molar-refractivity contribution is 7.08. The number of rotatable bonds is 2. The molecule has 4 heterocycles. The number of hydrogen-bond donors (Lipinski definition) is 0. The maximum Gasteiger partial charge on any atom is 0.255 e. The summed E-state index contributed by atoms with van der Waals surface area (Å²) in [7, 11) is 0. The molecule has 2 aliphatic heterocycles. The number of likely N-dealkylation sites (tertiary alicyclic amines) is 1. The molecule has 116 valence electrons. The fourth-order valence-electron chi connectivity index (χ4n) is 3.31. The van der Waals surface area contributed by atoms with Gasteiger partial charge in [-0.05, 0) is 31.2 Å². The number of carbonyl (C=O) groups is 1. The quantitative estimate of drug-likeness (QED) is 0.850. The Kier molecular flexibility index (Phi) is 3.46. The number of nitrogens with zero attached hydrogens (tertiary/aromatic N) is 3. The molecule has 2 fully saturated rings. The van der Waals surface area contributed by atoms with Crippen LogP contribution < -0.4 is 0 Å². The molecule has 2 aromatic heterocycles. The second kappa shape index (κ2) is 5.48. The van der Waals surface area contributed by atoms with E-state index in [4.69, 9.17) is 9.26 Å². The summed E-state index contributed by atoms with van der Waals surface area (Å²) in [6.45, 7) is 3.28. The first-order valence-corrected chi connectivity index (χ1v) is 8.42. The molecular weight excluding hydrogens is 302 g/mol. The summed E-state index contributed by atoms with van der Waals surface area (Å²) in [5.74, 6) is 1.65. The molecule has 0 N–H and O–H groups in total. The highest BCUT2D eigenvalue weighted by Crippen LogP contribution is 2.40. The summed E-state index contributed by atoms with van der Waals surface area (Å²) in [6.07, 6.45) is 1.75. The van der Waals surface area contributed by atoms with Gasteiger partial charge in [0.05, 0.1) is 11.7 Å².